The molecular formula is C7H15NO. The van der Waals surface area contributed by atoms with Gasteiger partial charge in [0.05, 0.1) is 12.2 Å². The highest BCUT2D eigenvalue weighted by atomic mass is 16.5. The summed E-state index contributed by atoms with van der Waals surface area (Å²) in [4.78, 5) is 2.30. The fourth-order valence-electron chi connectivity index (χ4n) is 1.44. The molecule has 1 heterocycles. The second kappa shape index (κ2) is 2.67. The van der Waals surface area contributed by atoms with Crippen molar-refractivity contribution < 1.29 is 4.74 Å². The SMILES string of the molecule is C[C@@H]1CN(C)C[C@@H](C)O1. The van der Waals surface area contributed by atoms with Gasteiger partial charge in [-0.3, -0.25) is 0 Å². The first-order valence-corrected chi connectivity index (χ1v) is 3.52. The van der Waals surface area contributed by atoms with Gasteiger partial charge in [0.15, 0.2) is 0 Å². The van der Waals surface area contributed by atoms with Crippen LogP contribution in [0.5, 0.6) is 0 Å². The van der Waals surface area contributed by atoms with Crippen LogP contribution in [0.2, 0.25) is 0 Å². The molecule has 1 saturated heterocycles. The first kappa shape index (κ1) is 7.03. The molecular weight excluding hydrogens is 114 g/mol. The largest absolute Gasteiger partial charge is 0.373 e. The Morgan fingerprint density at radius 1 is 1.22 bits per heavy atom. The molecule has 1 aliphatic heterocycles. The molecule has 2 nitrogen and oxygen atoms in total. The van der Waals surface area contributed by atoms with Crippen molar-refractivity contribution in [3.05, 3.63) is 0 Å². The van der Waals surface area contributed by atoms with Crippen LogP contribution in [-0.2, 0) is 4.74 Å². The average molecular weight is 129 g/mol. The molecule has 1 rings (SSSR count). The highest BCUT2D eigenvalue weighted by Crippen LogP contribution is 2.07. The predicted octanol–water partition coefficient (Wildman–Crippen LogP) is 0.725. The van der Waals surface area contributed by atoms with E-state index < -0.39 is 0 Å². The zero-order valence-corrected chi connectivity index (χ0v) is 6.42. The minimum atomic E-state index is 0.416. The van der Waals surface area contributed by atoms with Gasteiger partial charge < -0.3 is 9.64 Å². The number of likely N-dealkylation sites (N-methyl/N-ethyl adjacent to an activating group) is 1. The summed E-state index contributed by atoms with van der Waals surface area (Å²) >= 11 is 0. The third-order valence-corrected chi connectivity index (χ3v) is 1.60. The molecule has 0 unspecified atom stereocenters. The van der Waals surface area contributed by atoms with E-state index in [4.69, 9.17) is 4.74 Å². The topological polar surface area (TPSA) is 12.5 Å². The predicted molar refractivity (Wildman–Crippen MR) is 37.5 cm³/mol. The molecule has 1 fully saturated rings. The Labute approximate surface area is 56.8 Å². The lowest BCUT2D eigenvalue weighted by molar-refractivity contribution is -0.0602. The number of nitrogens with zero attached hydrogens (tertiary/aromatic N) is 1. The molecule has 0 spiro atoms. The smallest absolute Gasteiger partial charge is 0.0678 e. The van der Waals surface area contributed by atoms with E-state index in [0.29, 0.717) is 12.2 Å². The Kier molecular flexibility index (Phi) is 2.09. The van der Waals surface area contributed by atoms with Gasteiger partial charge in [-0.05, 0) is 20.9 Å². The lowest BCUT2D eigenvalue weighted by Crippen LogP contribution is -2.42. The minimum absolute atomic E-state index is 0.416. The molecule has 2 atom stereocenters. The van der Waals surface area contributed by atoms with Crippen LogP contribution in [0.3, 0.4) is 0 Å². The van der Waals surface area contributed by atoms with Crippen LogP contribution in [-0.4, -0.2) is 37.2 Å². The van der Waals surface area contributed by atoms with Crippen LogP contribution >= 0.6 is 0 Å². The van der Waals surface area contributed by atoms with Crippen molar-refractivity contribution in [3.8, 4) is 0 Å². The quantitative estimate of drug-likeness (QED) is 0.478. The first-order chi connectivity index (χ1) is 4.18. The molecule has 0 aliphatic carbocycles. The fraction of sp³-hybridized carbons (Fsp3) is 1.00. The average Bonchev–Trinajstić information content (AvgIpc) is 1.59. The zero-order chi connectivity index (χ0) is 6.85. The van der Waals surface area contributed by atoms with E-state index in [1.54, 1.807) is 0 Å². The summed E-state index contributed by atoms with van der Waals surface area (Å²) in [5, 5.41) is 0. The monoisotopic (exact) mass is 129 g/mol. The lowest BCUT2D eigenvalue weighted by Gasteiger charge is -2.32. The van der Waals surface area contributed by atoms with Crippen LogP contribution < -0.4 is 0 Å². The molecule has 0 aromatic carbocycles. The normalized spacial score (nSPS) is 39.0. The van der Waals surface area contributed by atoms with E-state index in [-0.39, 0.29) is 0 Å². The maximum absolute atomic E-state index is 5.51. The van der Waals surface area contributed by atoms with E-state index in [2.05, 4.69) is 25.8 Å². The second-order valence-corrected chi connectivity index (χ2v) is 2.98. The van der Waals surface area contributed by atoms with Crippen LogP contribution in [0.25, 0.3) is 0 Å². The van der Waals surface area contributed by atoms with Gasteiger partial charge in [0.1, 0.15) is 0 Å². The molecule has 0 N–H and O–H groups in total. The van der Waals surface area contributed by atoms with Crippen molar-refractivity contribution in [1.82, 2.24) is 4.90 Å². The number of hydrogen-bond acceptors (Lipinski definition) is 2. The van der Waals surface area contributed by atoms with Crippen molar-refractivity contribution >= 4 is 0 Å². The Morgan fingerprint density at radius 2 is 1.67 bits per heavy atom. The summed E-state index contributed by atoms with van der Waals surface area (Å²) in [5.74, 6) is 0. The second-order valence-electron chi connectivity index (χ2n) is 2.98. The first-order valence-electron chi connectivity index (χ1n) is 3.52. The molecule has 1 aliphatic rings. The minimum Gasteiger partial charge on any atom is -0.373 e. The van der Waals surface area contributed by atoms with Gasteiger partial charge in [-0.2, -0.15) is 0 Å². The van der Waals surface area contributed by atoms with E-state index in [1.165, 1.54) is 0 Å². The van der Waals surface area contributed by atoms with Gasteiger partial charge in [-0.25, -0.2) is 0 Å². The Hall–Kier alpha value is -0.0800. The maximum Gasteiger partial charge on any atom is 0.0678 e. The van der Waals surface area contributed by atoms with Crippen LogP contribution in [0.4, 0.5) is 0 Å². The van der Waals surface area contributed by atoms with Gasteiger partial charge in [0, 0.05) is 13.1 Å². The third-order valence-electron chi connectivity index (χ3n) is 1.60. The highest BCUT2D eigenvalue weighted by molar-refractivity contribution is 4.69. The van der Waals surface area contributed by atoms with E-state index in [1.807, 2.05) is 0 Å². The molecule has 9 heavy (non-hydrogen) atoms. The Balaban J connectivity index is 2.34. The van der Waals surface area contributed by atoms with Crippen molar-refractivity contribution in [2.45, 2.75) is 26.1 Å². The number of morpholine rings is 1. The molecule has 0 bridgehead atoms. The summed E-state index contributed by atoms with van der Waals surface area (Å²) in [6, 6.07) is 0. The molecule has 54 valence electrons. The Morgan fingerprint density at radius 3 is 2.00 bits per heavy atom. The van der Waals surface area contributed by atoms with Crippen molar-refractivity contribution in [2.24, 2.45) is 0 Å². The van der Waals surface area contributed by atoms with Gasteiger partial charge >= 0.3 is 0 Å². The summed E-state index contributed by atoms with van der Waals surface area (Å²) in [5.41, 5.74) is 0. The highest BCUT2D eigenvalue weighted by Gasteiger charge is 2.18. The van der Waals surface area contributed by atoms with Gasteiger partial charge in [0.2, 0.25) is 0 Å². The van der Waals surface area contributed by atoms with Gasteiger partial charge in [-0.1, -0.05) is 0 Å². The molecule has 0 amide bonds. The number of rotatable bonds is 0. The van der Waals surface area contributed by atoms with Crippen molar-refractivity contribution in [3.63, 3.8) is 0 Å². The van der Waals surface area contributed by atoms with E-state index in [0.717, 1.165) is 13.1 Å². The lowest BCUT2D eigenvalue weighted by atomic mass is 10.2. The van der Waals surface area contributed by atoms with Gasteiger partial charge in [0.25, 0.3) is 0 Å². The zero-order valence-electron chi connectivity index (χ0n) is 6.42. The van der Waals surface area contributed by atoms with Crippen molar-refractivity contribution in [1.29, 1.82) is 0 Å². The van der Waals surface area contributed by atoms with Gasteiger partial charge in [-0.15, -0.1) is 0 Å². The third kappa shape index (κ3) is 1.95. The Bertz CT molecular complexity index is 69.9. The summed E-state index contributed by atoms with van der Waals surface area (Å²) in [7, 11) is 2.13. The summed E-state index contributed by atoms with van der Waals surface area (Å²) in [6.07, 6.45) is 0.831. The van der Waals surface area contributed by atoms with E-state index >= 15 is 0 Å². The van der Waals surface area contributed by atoms with E-state index in [9.17, 15) is 0 Å². The summed E-state index contributed by atoms with van der Waals surface area (Å²) in [6.45, 7) is 6.38. The van der Waals surface area contributed by atoms with Crippen molar-refractivity contribution in [2.75, 3.05) is 20.1 Å². The summed E-state index contributed by atoms with van der Waals surface area (Å²) < 4.78 is 5.51. The van der Waals surface area contributed by atoms with Crippen LogP contribution in [0.15, 0.2) is 0 Å². The molecule has 0 saturated carbocycles. The molecule has 2 heteroatoms. The fourth-order valence-corrected chi connectivity index (χ4v) is 1.44. The van der Waals surface area contributed by atoms with Crippen LogP contribution in [0, 0.1) is 0 Å². The number of ether oxygens (including phenoxy) is 1. The standard InChI is InChI=1S/C7H15NO/c1-6-4-8(3)5-7(2)9-6/h6-7H,4-5H2,1-3H3/t6-,7-/m1/s1. The number of hydrogen-bond donors (Lipinski definition) is 0. The molecule has 0 aromatic heterocycles. The molecule has 0 aromatic rings. The maximum atomic E-state index is 5.51. The molecule has 0 radical (unpaired) electrons. The van der Waals surface area contributed by atoms with Crippen LogP contribution in [0.1, 0.15) is 13.8 Å².